The number of hydrogen-bond acceptors (Lipinski definition) is 4. The zero-order valence-electron chi connectivity index (χ0n) is 14.6. The highest BCUT2D eigenvalue weighted by molar-refractivity contribution is 7.99. The number of benzene rings is 2. The summed E-state index contributed by atoms with van der Waals surface area (Å²) in [5.74, 6) is 0.236. The second kappa shape index (κ2) is 8.33. The fourth-order valence-electron chi connectivity index (χ4n) is 3.54. The lowest BCUT2D eigenvalue weighted by Crippen LogP contribution is -2.43. The molecule has 6 heteroatoms. The van der Waals surface area contributed by atoms with Gasteiger partial charge in [-0.2, -0.15) is 0 Å². The van der Waals surface area contributed by atoms with Crippen LogP contribution in [0.3, 0.4) is 0 Å². The van der Waals surface area contributed by atoms with E-state index < -0.39 is 0 Å². The molecule has 4 rings (SSSR count). The molecule has 0 bridgehead atoms. The van der Waals surface area contributed by atoms with E-state index in [4.69, 9.17) is 5.73 Å². The Morgan fingerprint density at radius 1 is 1.00 bits per heavy atom. The van der Waals surface area contributed by atoms with Gasteiger partial charge in [0.25, 0.3) is 0 Å². The number of piperidine rings is 1. The van der Waals surface area contributed by atoms with Crippen LogP contribution < -0.4 is 10.6 Å². The van der Waals surface area contributed by atoms with Crippen molar-refractivity contribution >= 4 is 41.5 Å². The van der Waals surface area contributed by atoms with Gasteiger partial charge in [-0.15, -0.1) is 12.4 Å². The summed E-state index contributed by atoms with van der Waals surface area (Å²) in [6.07, 6.45) is 2.36. The molecule has 0 spiro atoms. The lowest BCUT2D eigenvalue weighted by Gasteiger charge is -2.34. The number of anilines is 2. The monoisotopic (exact) mass is 389 g/mol. The first-order chi connectivity index (χ1) is 12.2. The molecule has 2 aliphatic rings. The number of para-hydroxylation sites is 2. The summed E-state index contributed by atoms with van der Waals surface area (Å²) in [5.41, 5.74) is 8.33. The van der Waals surface area contributed by atoms with Crippen LogP contribution in [0.5, 0.6) is 0 Å². The molecule has 138 valence electrons. The quantitative estimate of drug-likeness (QED) is 0.860. The Labute approximate surface area is 165 Å². The second-order valence-electron chi connectivity index (χ2n) is 6.66. The number of likely N-dealkylation sites (tertiary alicyclic amines) is 1. The predicted octanol–water partition coefficient (Wildman–Crippen LogP) is 4.05. The van der Waals surface area contributed by atoms with E-state index in [0.717, 1.165) is 25.9 Å². The number of nitrogens with two attached hydrogens (primary N) is 1. The molecule has 0 saturated carbocycles. The van der Waals surface area contributed by atoms with Crippen molar-refractivity contribution in [2.24, 2.45) is 5.73 Å². The molecule has 0 radical (unpaired) electrons. The van der Waals surface area contributed by atoms with Gasteiger partial charge in [-0.1, -0.05) is 36.0 Å². The third-order valence-corrected chi connectivity index (χ3v) is 6.10. The Balaban J connectivity index is 0.00000196. The molecule has 1 fully saturated rings. The molecule has 26 heavy (non-hydrogen) atoms. The van der Waals surface area contributed by atoms with Crippen LogP contribution in [0.4, 0.5) is 11.4 Å². The van der Waals surface area contributed by atoms with Gasteiger partial charge in [0.1, 0.15) is 0 Å². The van der Waals surface area contributed by atoms with Gasteiger partial charge in [0, 0.05) is 41.9 Å². The molecule has 2 N–H and O–H groups in total. The van der Waals surface area contributed by atoms with Crippen LogP contribution in [0.25, 0.3) is 0 Å². The molecule has 0 aliphatic carbocycles. The number of fused-ring (bicyclic) bond motifs is 2. The molecule has 4 nitrogen and oxygen atoms in total. The number of amides is 1. The minimum Gasteiger partial charge on any atom is -0.343 e. The number of halogens is 1. The number of carbonyl (C=O) groups excluding carboxylic acids is 1. The molecule has 0 atom stereocenters. The van der Waals surface area contributed by atoms with Crippen LogP contribution in [0.1, 0.15) is 19.3 Å². The largest absolute Gasteiger partial charge is 0.343 e. The van der Waals surface area contributed by atoms with Gasteiger partial charge in [-0.25, -0.2) is 0 Å². The maximum atomic E-state index is 12.6. The average molecular weight is 390 g/mol. The highest BCUT2D eigenvalue weighted by Crippen LogP contribution is 2.47. The third-order valence-electron chi connectivity index (χ3n) is 4.97. The molecule has 2 aromatic carbocycles. The van der Waals surface area contributed by atoms with E-state index in [1.54, 1.807) is 11.8 Å². The van der Waals surface area contributed by atoms with Crippen molar-refractivity contribution < 1.29 is 4.79 Å². The Kier molecular flexibility index (Phi) is 6.12. The number of nitrogens with zero attached hydrogens (tertiary/aromatic N) is 2. The summed E-state index contributed by atoms with van der Waals surface area (Å²) in [5, 5.41) is 0. The molecule has 1 amide bonds. The lowest BCUT2D eigenvalue weighted by molar-refractivity contribution is -0.131. The zero-order valence-corrected chi connectivity index (χ0v) is 16.3. The normalized spacial score (nSPS) is 16.5. The standard InChI is InChI=1S/C20H23N3OS.ClH/c21-15-9-12-22(13-10-15)20(24)11-14-23-16-5-1-3-7-18(16)25-19-8-4-2-6-17(19)23;/h1-8,15H,9-14,21H2;1H. The van der Waals surface area contributed by atoms with Gasteiger partial charge in [0.2, 0.25) is 5.91 Å². The van der Waals surface area contributed by atoms with E-state index in [9.17, 15) is 4.79 Å². The van der Waals surface area contributed by atoms with Crippen molar-refractivity contribution in [3.05, 3.63) is 48.5 Å². The van der Waals surface area contributed by atoms with Crippen molar-refractivity contribution in [3.8, 4) is 0 Å². The minimum atomic E-state index is 0. The van der Waals surface area contributed by atoms with Gasteiger partial charge >= 0.3 is 0 Å². The van der Waals surface area contributed by atoms with Crippen molar-refractivity contribution in [2.45, 2.75) is 35.1 Å². The average Bonchev–Trinajstić information content (AvgIpc) is 2.65. The molecule has 2 aromatic rings. The summed E-state index contributed by atoms with van der Waals surface area (Å²) >= 11 is 1.80. The molecular weight excluding hydrogens is 366 g/mol. The summed E-state index contributed by atoms with van der Waals surface area (Å²) in [6, 6.07) is 17.1. The summed E-state index contributed by atoms with van der Waals surface area (Å²) in [7, 11) is 0. The van der Waals surface area contributed by atoms with Gasteiger partial charge in [-0.05, 0) is 37.1 Å². The zero-order chi connectivity index (χ0) is 17.2. The van der Waals surface area contributed by atoms with E-state index in [1.165, 1.54) is 21.2 Å². The van der Waals surface area contributed by atoms with E-state index in [-0.39, 0.29) is 24.4 Å². The molecule has 2 aliphatic heterocycles. The van der Waals surface area contributed by atoms with Crippen molar-refractivity contribution in [3.63, 3.8) is 0 Å². The highest BCUT2D eigenvalue weighted by Gasteiger charge is 2.25. The highest BCUT2D eigenvalue weighted by atomic mass is 35.5. The first-order valence-electron chi connectivity index (χ1n) is 8.89. The first kappa shape index (κ1) is 19.1. The summed E-state index contributed by atoms with van der Waals surface area (Å²) in [4.78, 5) is 19.4. The topological polar surface area (TPSA) is 49.6 Å². The van der Waals surface area contributed by atoms with Crippen LogP contribution in [-0.4, -0.2) is 36.5 Å². The van der Waals surface area contributed by atoms with Gasteiger partial charge in [0.05, 0.1) is 11.4 Å². The SMILES string of the molecule is Cl.NC1CCN(C(=O)CCN2c3ccccc3Sc3ccccc32)CC1. The second-order valence-corrected chi connectivity index (χ2v) is 7.74. The fraction of sp³-hybridized carbons (Fsp3) is 0.350. The molecule has 1 saturated heterocycles. The summed E-state index contributed by atoms with van der Waals surface area (Å²) in [6.45, 7) is 2.29. The number of rotatable bonds is 3. The van der Waals surface area contributed by atoms with Gasteiger partial charge < -0.3 is 15.5 Å². The van der Waals surface area contributed by atoms with E-state index in [0.29, 0.717) is 13.0 Å². The van der Waals surface area contributed by atoms with Crippen LogP contribution in [0.2, 0.25) is 0 Å². The van der Waals surface area contributed by atoms with Crippen LogP contribution >= 0.6 is 24.2 Å². The minimum absolute atomic E-state index is 0. The number of hydrogen-bond donors (Lipinski definition) is 1. The molecule has 0 unspecified atom stereocenters. The van der Waals surface area contributed by atoms with E-state index >= 15 is 0 Å². The van der Waals surface area contributed by atoms with Crippen LogP contribution in [0.15, 0.2) is 58.3 Å². The van der Waals surface area contributed by atoms with E-state index in [2.05, 4.69) is 53.4 Å². The summed E-state index contributed by atoms with van der Waals surface area (Å²) < 4.78 is 0. The number of carbonyl (C=O) groups is 1. The Morgan fingerprint density at radius 2 is 1.54 bits per heavy atom. The lowest BCUT2D eigenvalue weighted by atomic mass is 10.1. The smallest absolute Gasteiger partial charge is 0.224 e. The van der Waals surface area contributed by atoms with Crippen molar-refractivity contribution in [2.75, 3.05) is 24.5 Å². The molecular formula is C20H24ClN3OS. The fourth-order valence-corrected chi connectivity index (χ4v) is 4.63. The van der Waals surface area contributed by atoms with Gasteiger partial charge in [0.15, 0.2) is 0 Å². The molecule has 0 aromatic heterocycles. The van der Waals surface area contributed by atoms with Crippen molar-refractivity contribution in [1.82, 2.24) is 4.90 Å². The van der Waals surface area contributed by atoms with E-state index in [1.807, 2.05) is 4.90 Å². The maximum absolute atomic E-state index is 12.6. The first-order valence-corrected chi connectivity index (χ1v) is 9.71. The Hall–Kier alpha value is -1.69. The third kappa shape index (κ3) is 3.85. The van der Waals surface area contributed by atoms with Gasteiger partial charge in [-0.3, -0.25) is 4.79 Å². The Morgan fingerprint density at radius 3 is 2.12 bits per heavy atom. The predicted molar refractivity (Wildman–Crippen MR) is 110 cm³/mol. The van der Waals surface area contributed by atoms with Crippen LogP contribution in [-0.2, 0) is 4.79 Å². The maximum Gasteiger partial charge on any atom is 0.224 e. The van der Waals surface area contributed by atoms with Crippen molar-refractivity contribution in [1.29, 1.82) is 0 Å². The molecule has 2 heterocycles. The van der Waals surface area contributed by atoms with Crippen LogP contribution in [0, 0.1) is 0 Å². The Bertz CT molecular complexity index is 732.